The Morgan fingerprint density at radius 3 is 2.84 bits per heavy atom. The zero-order valence-corrected chi connectivity index (χ0v) is 16.7. The molecule has 7 nitrogen and oxygen atoms in total. The van der Waals surface area contributed by atoms with Gasteiger partial charge in [0.05, 0.1) is 36.5 Å². The molecule has 0 aliphatic carbocycles. The van der Waals surface area contributed by atoms with Gasteiger partial charge in [0.25, 0.3) is 5.91 Å². The molecule has 3 heterocycles. The maximum Gasteiger partial charge on any atom is 0.272 e. The minimum absolute atomic E-state index is 0.191. The molecule has 8 heteroatoms. The van der Waals surface area contributed by atoms with Gasteiger partial charge in [0.1, 0.15) is 18.2 Å². The van der Waals surface area contributed by atoms with Crippen molar-refractivity contribution in [2.45, 2.75) is 25.6 Å². The number of aromatic nitrogens is 2. The minimum atomic E-state index is -0.261. The van der Waals surface area contributed by atoms with Crippen molar-refractivity contribution in [1.82, 2.24) is 15.1 Å². The van der Waals surface area contributed by atoms with Gasteiger partial charge in [0, 0.05) is 12.2 Å². The highest BCUT2D eigenvalue weighted by Crippen LogP contribution is 2.26. The van der Waals surface area contributed by atoms with Crippen LogP contribution in [0.4, 0.5) is 10.1 Å². The van der Waals surface area contributed by atoms with Gasteiger partial charge in [0.2, 0.25) is 0 Å². The Labute approximate surface area is 178 Å². The molecule has 0 spiro atoms. The molecule has 1 atom stereocenters. The van der Waals surface area contributed by atoms with E-state index in [1.165, 1.54) is 12.1 Å². The van der Waals surface area contributed by atoms with Gasteiger partial charge in [-0.1, -0.05) is 0 Å². The number of anilines is 1. The van der Waals surface area contributed by atoms with Gasteiger partial charge in [0.15, 0.2) is 5.69 Å². The molecule has 0 unspecified atom stereocenters. The average molecular weight is 417 g/mol. The van der Waals surface area contributed by atoms with Crippen LogP contribution in [0.5, 0.6) is 5.75 Å². The van der Waals surface area contributed by atoms with Gasteiger partial charge in [-0.2, -0.15) is 10.4 Å². The first-order valence-electron chi connectivity index (χ1n) is 10.1. The Kier molecular flexibility index (Phi) is 4.79. The molecule has 0 saturated carbocycles. The van der Waals surface area contributed by atoms with E-state index in [-0.39, 0.29) is 17.8 Å². The van der Waals surface area contributed by atoms with Gasteiger partial charge in [-0.3, -0.25) is 9.48 Å². The molecule has 1 amide bonds. The predicted octanol–water partition coefficient (Wildman–Crippen LogP) is 2.65. The summed E-state index contributed by atoms with van der Waals surface area (Å²) in [5.41, 5.74) is 3.73. The van der Waals surface area contributed by atoms with Crippen LogP contribution in [0.3, 0.4) is 0 Å². The number of amides is 1. The second-order valence-electron chi connectivity index (χ2n) is 7.76. The summed E-state index contributed by atoms with van der Waals surface area (Å²) in [5.74, 6) is 0.245. The van der Waals surface area contributed by atoms with Gasteiger partial charge < -0.3 is 15.0 Å². The molecule has 31 heavy (non-hydrogen) atoms. The first-order chi connectivity index (χ1) is 15.1. The summed E-state index contributed by atoms with van der Waals surface area (Å²) >= 11 is 0. The third-order valence-electron chi connectivity index (χ3n) is 5.65. The Bertz CT molecular complexity index is 1180. The average Bonchev–Trinajstić information content (AvgIpc) is 3.23. The number of ether oxygens (including phenoxy) is 1. The normalized spacial score (nSPS) is 17.2. The number of fused-ring (bicyclic) bond motifs is 2. The monoisotopic (exact) mass is 417 g/mol. The van der Waals surface area contributed by atoms with Crippen LogP contribution in [0.15, 0.2) is 48.5 Å². The van der Waals surface area contributed by atoms with Crippen molar-refractivity contribution in [3.63, 3.8) is 0 Å². The number of halogens is 1. The molecule has 2 aromatic carbocycles. The second-order valence-corrected chi connectivity index (χ2v) is 7.76. The molecule has 2 aliphatic rings. The molecular weight excluding hydrogens is 397 g/mol. The van der Waals surface area contributed by atoms with E-state index in [9.17, 15) is 9.18 Å². The zero-order valence-electron chi connectivity index (χ0n) is 16.7. The number of hydrogen-bond donors (Lipinski definition) is 1. The molecule has 156 valence electrons. The van der Waals surface area contributed by atoms with E-state index in [4.69, 9.17) is 10.00 Å². The van der Waals surface area contributed by atoms with E-state index in [2.05, 4.69) is 21.4 Å². The van der Waals surface area contributed by atoms with Crippen molar-refractivity contribution in [3.8, 4) is 11.8 Å². The molecule has 3 aromatic rings. The summed E-state index contributed by atoms with van der Waals surface area (Å²) in [7, 11) is 0. The molecule has 2 aliphatic heterocycles. The highest BCUT2D eigenvalue weighted by molar-refractivity contribution is 5.92. The lowest BCUT2D eigenvalue weighted by atomic mass is 10.0. The van der Waals surface area contributed by atoms with Crippen LogP contribution in [0, 0.1) is 17.1 Å². The van der Waals surface area contributed by atoms with Crippen LogP contribution in [0.25, 0.3) is 0 Å². The van der Waals surface area contributed by atoms with Crippen molar-refractivity contribution < 1.29 is 13.9 Å². The van der Waals surface area contributed by atoms with Crippen molar-refractivity contribution in [2.75, 3.05) is 18.1 Å². The lowest BCUT2D eigenvalue weighted by molar-refractivity contribution is 0.0909. The minimum Gasteiger partial charge on any atom is -0.491 e. The third kappa shape index (κ3) is 3.82. The lowest BCUT2D eigenvalue weighted by Gasteiger charge is -2.29. The van der Waals surface area contributed by atoms with Crippen LogP contribution < -0.4 is 15.0 Å². The molecule has 0 bridgehead atoms. The number of nitriles is 1. The SMILES string of the molecule is N#Cc1ccc2c(c1)C[C@@H](NC(=O)c1cc3n(n1)CCN(c1ccc(F)cc1)C3)CO2. The van der Waals surface area contributed by atoms with Crippen molar-refractivity contribution in [3.05, 3.63) is 76.9 Å². The van der Waals surface area contributed by atoms with Crippen molar-refractivity contribution in [1.29, 1.82) is 5.26 Å². The summed E-state index contributed by atoms with van der Waals surface area (Å²) in [6.45, 7) is 2.35. The zero-order chi connectivity index (χ0) is 21.4. The largest absolute Gasteiger partial charge is 0.491 e. The maximum atomic E-state index is 13.2. The van der Waals surface area contributed by atoms with Crippen LogP contribution in [-0.2, 0) is 19.5 Å². The molecule has 0 fully saturated rings. The van der Waals surface area contributed by atoms with Crippen LogP contribution in [-0.4, -0.2) is 34.9 Å². The molecule has 0 saturated heterocycles. The van der Waals surface area contributed by atoms with Crippen LogP contribution in [0.1, 0.15) is 27.3 Å². The number of rotatable bonds is 3. The molecule has 1 N–H and O–H groups in total. The van der Waals surface area contributed by atoms with Crippen LogP contribution in [0.2, 0.25) is 0 Å². The fourth-order valence-corrected chi connectivity index (χ4v) is 4.07. The number of carbonyl (C=O) groups excluding carboxylic acids is 1. The predicted molar refractivity (Wildman–Crippen MR) is 111 cm³/mol. The summed E-state index contributed by atoms with van der Waals surface area (Å²) in [6, 6.07) is 15.5. The fourth-order valence-electron chi connectivity index (χ4n) is 4.07. The first-order valence-corrected chi connectivity index (χ1v) is 10.1. The van der Waals surface area contributed by atoms with E-state index in [1.54, 1.807) is 36.4 Å². The Balaban J connectivity index is 1.26. The third-order valence-corrected chi connectivity index (χ3v) is 5.65. The fraction of sp³-hybridized carbons (Fsp3) is 0.261. The number of carbonyl (C=O) groups is 1. The Morgan fingerprint density at radius 1 is 1.19 bits per heavy atom. The van der Waals surface area contributed by atoms with Gasteiger partial charge >= 0.3 is 0 Å². The van der Waals surface area contributed by atoms with Crippen molar-refractivity contribution >= 4 is 11.6 Å². The molecule has 5 rings (SSSR count). The summed E-state index contributed by atoms with van der Waals surface area (Å²) in [6.07, 6.45) is 0.600. The Hall–Kier alpha value is -3.86. The number of hydrogen-bond acceptors (Lipinski definition) is 5. The number of nitrogens with one attached hydrogen (secondary N) is 1. The first kappa shape index (κ1) is 19.1. The molecule has 1 aromatic heterocycles. The number of benzene rings is 2. The standard InChI is InChI=1S/C23H20FN5O2/c24-17-2-4-19(5-3-17)28-7-8-29-20(13-28)11-21(27-29)23(30)26-18-10-16-9-15(12-25)1-6-22(16)31-14-18/h1-6,9,11,18H,7-8,10,13-14H2,(H,26,30)/t18-/m1/s1. The maximum absolute atomic E-state index is 13.2. The van der Waals surface area contributed by atoms with Gasteiger partial charge in [-0.25, -0.2) is 4.39 Å². The Morgan fingerprint density at radius 2 is 2.03 bits per heavy atom. The molecular formula is C23H20FN5O2. The summed E-state index contributed by atoms with van der Waals surface area (Å²) in [5, 5.41) is 16.5. The topological polar surface area (TPSA) is 83.2 Å². The highest BCUT2D eigenvalue weighted by atomic mass is 19.1. The van der Waals surface area contributed by atoms with E-state index < -0.39 is 0 Å². The highest BCUT2D eigenvalue weighted by Gasteiger charge is 2.25. The van der Waals surface area contributed by atoms with E-state index >= 15 is 0 Å². The summed E-state index contributed by atoms with van der Waals surface area (Å²) < 4.78 is 20.8. The van der Waals surface area contributed by atoms with E-state index in [0.29, 0.717) is 37.4 Å². The smallest absolute Gasteiger partial charge is 0.272 e. The van der Waals surface area contributed by atoms with Gasteiger partial charge in [-0.05, 0) is 60.5 Å². The van der Waals surface area contributed by atoms with Crippen molar-refractivity contribution in [2.24, 2.45) is 0 Å². The number of nitrogens with zero attached hydrogens (tertiary/aromatic N) is 4. The molecule has 0 radical (unpaired) electrons. The van der Waals surface area contributed by atoms with Gasteiger partial charge in [-0.15, -0.1) is 0 Å². The summed E-state index contributed by atoms with van der Waals surface area (Å²) in [4.78, 5) is 14.9. The lowest BCUT2D eigenvalue weighted by Crippen LogP contribution is -2.42. The van der Waals surface area contributed by atoms with E-state index in [0.717, 1.165) is 29.2 Å². The van der Waals surface area contributed by atoms with Crippen LogP contribution >= 0.6 is 0 Å². The van der Waals surface area contributed by atoms with E-state index in [1.807, 2.05) is 4.68 Å². The second kappa shape index (κ2) is 7.76. The quantitative estimate of drug-likeness (QED) is 0.709.